The number of carboxylic acids is 1. The number of hydrogen-bond donors (Lipinski definition) is 2. The van der Waals surface area contributed by atoms with Crippen LogP contribution in [0.2, 0.25) is 0 Å². The molecule has 0 bridgehead atoms. The maximum Gasteiger partial charge on any atom is 0.323 e. The van der Waals surface area contributed by atoms with Crippen LogP contribution in [0.15, 0.2) is 0 Å². The fourth-order valence-corrected chi connectivity index (χ4v) is 4.06. The second-order valence-corrected chi connectivity index (χ2v) is 6.26. The number of piperidine rings is 1. The third-order valence-corrected chi connectivity index (χ3v) is 4.93. The molecule has 2 aliphatic heterocycles. The minimum atomic E-state index is -0.634. The molecule has 1 atom stereocenters. The first kappa shape index (κ1) is 12.2. The van der Waals surface area contributed by atoms with Gasteiger partial charge in [-0.05, 0) is 62.5 Å². The summed E-state index contributed by atoms with van der Waals surface area (Å²) in [5.41, 5.74) is -0.606. The second kappa shape index (κ2) is 5.41. The van der Waals surface area contributed by atoms with Gasteiger partial charge < -0.3 is 10.4 Å². The van der Waals surface area contributed by atoms with Gasteiger partial charge in [0.1, 0.15) is 5.54 Å². The van der Waals surface area contributed by atoms with Crippen LogP contribution in [0.5, 0.6) is 0 Å². The first-order valence-electron chi connectivity index (χ1n) is 6.29. The summed E-state index contributed by atoms with van der Waals surface area (Å²) in [6.07, 6.45) is 6.22. The maximum atomic E-state index is 11.5. The van der Waals surface area contributed by atoms with E-state index in [0.29, 0.717) is 5.92 Å². The summed E-state index contributed by atoms with van der Waals surface area (Å²) in [5.74, 6) is 2.40. The Morgan fingerprint density at radius 3 is 2.69 bits per heavy atom. The Bertz CT molecular complexity index is 245. The minimum Gasteiger partial charge on any atom is -0.480 e. The van der Waals surface area contributed by atoms with Crippen LogP contribution in [-0.2, 0) is 4.79 Å². The standard InChI is InChI=1S/C12H21NO2S/c14-11(15)12(5-1-2-6-13-12)9-10-3-7-16-8-4-10/h10,13H,1-9H2,(H,14,15). The van der Waals surface area contributed by atoms with E-state index in [-0.39, 0.29) is 0 Å². The first-order chi connectivity index (χ1) is 7.73. The molecule has 2 N–H and O–H groups in total. The lowest BCUT2D eigenvalue weighted by atomic mass is 9.79. The summed E-state index contributed by atoms with van der Waals surface area (Å²) >= 11 is 2.00. The van der Waals surface area contributed by atoms with E-state index in [0.717, 1.165) is 32.2 Å². The van der Waals surface area contributed by atoms with Gasteiger partial charge in [0.25, 0.3) is 0 Å². The number of rotatable bonds is 3. The fourth-order valence-electron chi connectivity index (χ4n) is 2.86. The van der Waals surface area contributed by atoms with Crippen molar-refractivity contribution in [3.05, 3.63) is 0 Å². The highest BCUT2D eigenvalue weighted by Crippen LogP contribution is 2.33. The number of nitrogens with one attached hydrogen (secondary N) is 1. The molecule has 2 heterocycles. The van der Waals surface area contributed by atoms with Crippen LogP contribution >= 0.6 is 11.8 Å². The highest BCUT2D eigenvalue weighted by Gasteiger charge is 2.41. The van der Waals surface area contributed by atoms with Gasteiger partial charge >= 0.3 is 5.97 Å². The molecule has 2 rings (SSSR count). The van der Waals surface area contributed by atoms with Gasteiger partial charge in [0.15, 0.2) is 0 Å². The molecule has 0 radical (unpaired) electrons. The van der Waals surface area contributed by atoms with Gasteiger partial charge in [-0.3, -0.25) is 4.79 Å². The van der Waals surface area contributed by atoms with Crippen LogP contribution in [0.4, 0.5) is 0 Å². The molecule has 0 aliphatic carbocycles. The van der Waals surface area contributed by atoms with Crippen LogP contribution in [0.25, 0.3) is 0 Å². The highest BCUT2D eigenvalue weighted by atomic mass is 32.2. The zero-order chi connectivity index (χ0) is 11.4. The Labute approximate surface area is 101 Å². The van der Waals surface area contributed by atoms with Crippen molar-refractivity contribution in [2.24, 2.45) is 5.92 Å². The van der Waals surface area contributed by atoms with Crippen LogP contribution in [0.1, 0.15) is 38.5 Å². The van der Waals surface area contributed by atoms with Crippen molar-refractivity contribution in [3.8, 4) is 0 Å². The third kappa shape index (κ3) is 2.72. The predicted molar refractivity (Wildman–Crippen MR) is 66.9 cm³/mol. The molecular weight excluding hydrogens is 222 g/mol. The van der Waals surface area contributed by atoms with Crippen molar-refractivity contribution < 1.29 is 9.90 Å². The van der Waals surface area contributed by atoms with Crippen molar-refractivity contribution in [1.29, 1.82) is 0 Å². The Morgan fingerprint density at radius 2 is 2.12 bits per heavy atom. The molecule has 3 nitrogen and oxygen atoms in total. The normalized spacial score (nSPS) is 32.5. The Morgan fingerprint density at radius 1 is 1.38 bits per heavy atom. The van der Waals surface area contributed by atoms with Gasteiger partial charge in [-0.25, -0.2) is 0 Å². The molecule has 0 amide bonds. The van der Waals surface area contributed by atoms with Crippen molar-refractivity contribution in [2.75, 3.05) is 18.1 Å². The molecular formula is C12H21NO2S. The lowest BCUT2D eigenvalue weighted by Gasteiger charge is -2.38. The lowest BCUT2D eigenvalue weighted by Crippen LogP contribution is -2.55. The van der Waals surface area contributed by atoms with Gasteiger partial charge in [0.2, 0.25) is 0 Å². The average Bonchev–Trinajstić information content (AvgIpc) is 2.31. The van der Waals surface area contributed by atoms with Gasteiger partial charge in [-0.2, -0.15) is 11.8 Å². The van der Waals surface area contributed by atoms with E-state index in [1.165, 1.54) is 24.3 Å². The fraction of sp³-hybridized carbons (Fsp3) is 0.917. The number of aliphatic carboxylic acids is 1. The van der Waals surface area contributed by atoms with Crippen LogP contribution < -0.4 is 5.32 Å². The second-order valence-electron chi connectivity index (χ2n) is 5.03. The molecule has 0 aromatic carbocycles. The summed E-state index contributed by atoms with van der Waals surface area (Å²) in [6, 6.07) is 0. The summed E-state index contributed by atoms with van der Waals surface area (Å²) in [6.45, 7) is 0.869. The van der Waals surface area contributed by atoms with Gasteiger partial charge in [0, 0.05) is 0 Å². The van der Waals surface area contributed by atoms with E-state index < -0.39 is 11.5 Å². The molecule has 0 spiro atoms. The monoisotopic (exact) mass is 243 g/mol. The van der Waals surface area contributed by atoms with Crippen LogP contribution in [0.3, 0.4) is 0 Å². The maximum absolute atomic E-state index is 11.5. The van der Waals surface area contributed by atoms with E-state index in [1.807, 2.05) is 11.8 Å². The Kier molecular flexibility index (Phi) is 4.14. The smallest absolute Gasteiger partial charge is 0.323 e. The number of hydrogen-bond acceptors (Lipinski definition) is 3. The Balaban J connectivity index is 1.98. The third-order valence-electron chi connectivity index (χ3n) is 3.88. The molecule has 16 heavy (non-hydrogen) atoms. The predicted octanol–water partition coefficient (Wildman–Crippen LogP) is 2.12. The highest BCUT2D eigenvalue weighted by molar-refractivity contribution is 7.99. The number of carbonyl (C=O) groups is 1. The Hall–Kier alpha value is -0.220. The summed E-state index contributed by atoms with van der Waals surface area (Å²) in [5, 5.41) is 12.7. The average molecular weight is 243 g/mol. The van der Waals surface area contributed by atoms with Gasteiger partial charge in [-0.15, -0.1) is 0 Å². The molecule has 2 saturated heterocycles. The van der Waals surface area contributed by atoms with E-state index in [2.05, 4.69) is 5.32 Å². The molecule has 1 unspecified atom stereocenters. The molecule has 2 fully saturated rings. The van der Waals surface area contributed by atoms with Gasteiger partial charge in [-0.1, -0.05) is 0 Å². The van der Waals surface area contributed by atoms with Crippen molar-refractivity contribution in [1.82, 2.24) is 5.32 Å². The van der Waals surface area contributed by atoms with Crippen LogP contribution in [0, 0.1) is 5.92 Å². The lowest BCUT2D eigenvalue weighted by molar-refractivity contribution is -0.147. The van der Waals surface area contributed by atoms with E-state index >= 15 is 0 Å². The van der Waals surface area contributed by atoms with Crippen molar-refractivity contribution >= 4 is 17.7 Å². The molecule has 0 aromatic rings. The van der Waals surface area contributed by atoms with E-state index in [4.69, 9.17) is 0 Å². The summed E-state index contributed by atoms with van der Waals surface area (Å²) in [7, 11) is 0. The minimum absolute atomic E-state index is 0.606. The number of thioether (sulfide) groups is 1. The number of carboxylic acid groups (broad SMARTS) is 1. The SMILES string of the molecule is O=C(O)C1(CC2CCSCC2)CCCCN1. The van der Waals surface area contributed by atoms with E-state index in [9.17, 15) is 9.90 Å². The van der Waals surface area contributed by atoms with Crippen LogP contribution in [-0.4, -0.2) is 34.7 Å². The molecule has 92 valence electrons. The zero-order valence-electron chi connectivity index (χ0n) is 9.71. The van der Waals surface area contributed by atoms with Gasteiger partial charge in [0.05, 0.1) is 0 Å². The largest absolute Gasteiger partial charge is 0.480 e. The summed E-state index contributed by atoms with van der Waals surface area (Å²) < 4.78 is 0. The van der Waals surface area contributed by atoms with Crippen molar-refractivity contribution in [3.63, 3.8) is 0 Å². The molecule has 4 heteroatoms. The topological polar surface area (TPSA) is 49.3 Å². The molecule has 2 aliphatic rings. The molecule has 0 saturated carbocycles. The quantitative estimate of drug-likeness (QED) is 0.797. The summed E-state index contributed by atoms with van der Waals surface area (Å²) in [4.78, 5) is 11.5. The zero-order valence-corrected chi connectivity index (χ0v) is 10.5. The first-order valence-corrected chi connectivity index (χ1v) is 7.45. The van der Waals surface area contributed by atoms with E-state index in [1.54, 1.807) is 0 Å². The molecule has 0 aromatic heterocycles. The van der Waals surface area contributed by atoms with Crippen molar-refractivity contribution in [2.45, 2.75) is 44.1 Å².